The quantitative estimate of drug-likeness (QED) is 0.670. The third kappa shape index (κ3) is 3.14. The maximum absolute atomic E-state index is 12.7. The summed E-state index contributed by atoms with van der Waals surface area (Å²) in [6.07, 6.45) is -10.5. The second-order valence-electron chi connectivity index (χ2n) is 3.60. The van der Waals surface area contributed by atoms with E-state index in [2.05, 4.69) is 4.74 Å². The standard InChI is InChI=1S/C11H8F6O3/c1-2-20-9(19)5-3-4-6(10(12,13)14)8(18)7(5)11(15,16)17/h3-4,18H,2H2,1H3. The van der Waals surface area contributed by atoms with E-state index in [0.29, 0.717) is 6.07 Å². The Hall–Kier alpha value is -1.93. The van der Waals surface area contributed by atoms with Crippen LogP contribution in [0.4, 0.5) is 26.3 Å². The fourth-order valence-electron chi connectivity index (χ4n) is 1.49. The summed E-state index contributed by atoms with van der Waals surface area (Å²) in [5.74, 6) is -3.51. The van der Waals surface area contributed by atoms with Gasteiger partial charge in [-0.1, -0.05) is 0 Å². The molecule has 0 heterocycles. The molecule has 112 valence electrons. The van der Waals surface area contributed by atoms with Crippen LogP contribution in [-0.2, 0) is 17.1 Å². The van der Waals surface area contributed by atoms with Crippen molar-refractivity contribution in [3.8, 4) is 5.75 Å². The Morgan fingerprint density at radius 1 is 1.15 bits per heavy atom. The highest BCUT2D eigenvalue weighted by Crippen LogP contribution is 2.45. The number of phenols is 1. The smallest absolute Gasteiger partial charge is 0.420 e. The van der Waals surface area contributed by atoms with E-state index in [1.165, 1.54) is 6.92 Å². The molecule has 0 fully saturated rings. The Morgan fingerprint density at radius 3 is 2.10 bits per heavy atom. The van der Waals surface area contributed by atoms with E-state index in [1.807, 2.05) is 0 Å². The maximum atomic E-state index is 12.7. The first-order valence-corrected chi connectivity index (χ1v) is 5.17. The summed E-state index contributed by atoms with van der Waals surface area (Å²) < 4.78 is 79.9. The van der Waals surface area contributed by atoms with Crippen LogP contribution in [0.5, 0.6) is 5.75 Å². The van der Waals surface area contributed by atoms with E-state index >= 15 is 0 Å². The third-order valence-corrected chi connectivity index (χ3v) is 2.26. The molecule has 9 heteroatoms. The average molecular weight is 302 g/mol. The molecule has 1 N–H and O–H groups in total. The zero-order valence-corrected chi connectivity index (χ0v) is 9.89. The van der Waals surface area contributed by atoms with Crippen molar-refractivity contribution in [2.75, 3.05) is 6.61 Å². The van der Waals surface area contributed by atoms with Crippen molar-refractivity contribution in [1.82, 2.24) is 0 Å². The van der Waals surface area contributed by atoms with Crippen LogP contribution in [0.15, 0.2) is 12.1 Å². The fraction of sp³-hybridized carbons (Fsp3) is 0.364. The average Bonchev–Trinajstić information content (AvgIpc) is 2.25. The van der Waals surface area contributed by atoms with Crippen LogP contribution in [0, 0.1) is 0 Å². The van der Waals surface area contributed by atoms with Gasteiger partial charge in [0.1, 0.15) is 11.3 Å². The molecule has 0 bridgehead atoms. The van der Waals surface area contributed by atoms with Crippen LogP contribution in [0.3, 0.4) is 0 Å². The molecule has 20 heavy (non-hydrogen) atoms. The number of halogens is 6. The molecule has 0 aliphatic carbocycles. The summed E-state index contributed by atoms with van der Waals surface area (Å²) in [7, 11) is 0. The number of rotatable bonds is 2. The molecule has 0 aliphatic heterocycles. The SMILES string of the molecule is CCOC(=O)c1ccc(C(F)(F)F)c(O)c1C(F)(F)F. The Kier molecular flexibility index (Phi) is 4.21. The van der Waals surface area contributed by atoms with Crippen molar-refractivity contribution in [2.45, 2.75) is 19.3 Å². The van der Waals surface area contributed by atoms with E-state index in [1.54, 1.807) is 0 Å². The van der Waals surface area contributed by atoms with Crippen molar-refractivity contribution < 1.29 is 41.0 Å². The van der Waals surface area contributed by atoms with Crippen molar-refractivity contribution in [3.63, 3.8) is 0 Å². The van der Waals surface area contributed by atoms with Gasteiger partial charge in [0.25, 0.3) is 0 Å². The van der Waals surface area contributed by atoms with Crippen molar-refractivity contribution in [2.24, 2.45) is 0 Å². The van der Waals surface area contributed by atoms with Gasteiger partial charge in [-0.2, -0.15) is 26.3 Å². The molecule has 1 aromatic rings. The highest BCUT2D eigenvalue weighted by atomic mass is 19.4. The normalized spacial score (nSPS) is 12.3. The predicted octanol–water partition coefficient (Wildman–Crippen LogP) is 3.61. The van der Waals surface area contributed by atoms with E-state index in [9.17, 15) is 36.2 Å². The minimum absolute atomic E-state index is 0.191. The molecular weight excluding hydrogens is 294 g/mol. The molecule has 3 nitrogen and oxygen atoms in total. The zero-order chi connectivity index (χ0) is 15.7. The Balaban J connectivity index is 3.57. The molecular formula is C11H8F6O3. The van der Waals surface area contributed by atoms with E-state index in [-0.39, 0.29) is 12.7 Å². The minimum atomic E-state index is -5.34. The van der Waals surface area contributed by atoms with Gasteiger partial charge in [0, 0.05) is 0 Å². The first-order chi connectivity index (χ1) is 9.00. The van der Waals surface area contributed by atoms with Gasteiger partial charge >= 0.3 is 18.3 Å². The highest BCUT2D eigenvalue weighted by molar-refractivity contribution is 5.92. The van der Waals surface area contributed by atoms with E-state index in [4.69, 9.17) is 0 Å². The number of alkyl halides is 6. The molecule has 0 amide bonds. The molecule has 1 rings (SSSR count). The lowest BCUT2D eigenvalue weighted by Crippen LogP contribution is -2.18. The van der Waals surface area contributed by atoms with E-state index < -0.39 is 40.8 Å². The van der Waals surface area contributed by atoms with Crippen molar-refractivity contribution in [1.29, 1.82) is 0 Å². The third-order valence-electron chi connectivity index (χ3n) is 2.26. The first-order valence-electron chi connectivity index (χ1n) is 5.17. The van der Waals surface area contributed by atoms with Crippen LogP contribution >= 0.6 is 0 Å². The molecule has 0 unspecified atom stereocenters. The number of aromatic hydroxyl groups is 1. The Morgan fingerprint density at radius 2 is 1.70 bits per heavy atom. The molecule has 0 saturated heterocycles. The Bertz CT molecular complexity index is 518. The molecule has 0 atom stereocenters. The monoisotopic (exact) mass is 302 g/mol. The molecule has 0 aliphatic rings. The molecule has 0 radical (unpaired) electrons. The van der Waals surface area contributed by atoms with Gasteiger partial charge in [0.15, 0.2) is 0 Å². The van der Waals surface area contributed by atoms with Crippen LogP contribution in [0.2, 0.25) is 0 Å². The lowest BCUT2D eigenvalue weighted by atomic mass is 10.0. The fourth-order valence-corrected chi connectivity index (χ4v) is 1.49. The summed E-state index contributed by atoms with van der Waals surface area (Å²) in [6, 6.07) is 0.514. The largest absolute Gasteiger partial charge is 0.507 e. The van der Waals surface area contributed by atoms with Gasteiger partial charge in [-0.15, -0.1) is 0 Å². The number of carbonyl (C=O) groups is 1. The number of ether oxygens (including phenoxy) is 1. The second kappa shape index (κ2) is 5.22. The molecule has 1 aromatic carbocycles. The van der Waals surface area contributed by atoms with Crippen LogP contribution in [0.25, 0.3) is 0 Å². The maximum Gasteiger partial charge on any atom is 0.420 e. The van der Waals surface area contributed by atoms with Gasteiger partial charge in [0.05, 0.1) is 17.7 Å². The van der Waals surface area contributed by atoms with E-state index in [0.717, 1.165) is 0 Å². The van der Waals surface area contributed by atoms with Crippen LogP contribution < -0.4 is 0 Å². The summed E-state index contributed by atoms with van der Waals surface area (Å²) in [5.41, 5.74) is -5.12. The Labute approximate surface area is 108 Å². The van der Waals surface area contributed by atoms with Gasteiger partial charge < -0.3 is 9.84 Å². The number of hydrogen-bond donors (Lipinski definition) is 1. The van der Waals surface area contributed by atoms with Gasteiger partial charge in [0.2, 0.25) is 0 Å². The predicted molar refractivity (Wildman–Crippen MR) is 54.1 cm³/mol. The number of phenolic OH excluding ortho intramolecular Hbond substituents is 1. The summed E-state index contributed by atoms with van der Waals surface area (Å²) >= 11 is 0. The van der Waals surface area contributed by atoms with Crippen LogP contribution in [0.1, 0.15) is 28.4 Å². The zero-order valence-electron chi connectivity index (χ0n) is 9.89. The highest BCUT2D eigenvalue weighted by Gasteiger charge is 2.44. The lowest BCUT2D eigenvalue weighted by molar-refractivity contribution is -0.145. The van der Waals surface area contributed by atoms with Crippen molar-refractivity contribution >= 4 is 5.97 Å². The second-order valence-corrected chi connectivity index (χ2v) is 3.60. The van der Waals surface area contributed by atoms with Gasteiger partial charge in [-0.25, -0.2) is 4.79 Å². The number of carbonyl (C=O) groups excluding carboxylic acids is 1. The minimum Gasteiger partial charge on any atom is -0.507 e. The number of benzene rings is 1. The van der Waals surface area contributed by atoms with Gasteiger partial charge in [-0.05, 0) is 19.1 Å². The van der Waals surface area contributed by atoms with Crippen molar-refractivity contribution in [3.05, 3.63) is 28.8 Å². The number of esters is 1. The van der Waals surface area contributed by atoms with Gasteiger partial charge in [-0.3, -0.25) is 0 Å². The summed E-state index contributed by atoms with van der Waals surface area (Å²) in [4.78, 5) is 11.3. The molecule has 0 saturated carbocycles. The first kappa shape index (κ1) is 16.1. The summed E-state index contributed by atoms with van der Waals surface area (Å²) in [6.45, 7) is 1.05. The molecule has 0 aromatic heterocycles. The number of hydrogen-bond acceptors (Lipinski definition) is 3. The summed E-state index contributed by atoms with van der Waals surface area (Å²) in [5, 5.41) is 9.21. The lowest BCUT2D eigenvalue weighted by Gasteiger charge is -2.17. The topological polar surface area (TPSA) is 46.5 Å². The molecule has 0 spiro atoms. The van der Waals surface area contributed by atoms with Crippen LogP contribution in [-0.4, -0.2) is 17.7 Å².